The molecule has 3 aromatic carbocycles. The molecule has 0 amide bonds. The van der Waals surface area contributed by atoms with Crippen LogP contribution in [-0.4, -0.2) is 10.1 Å². The van der Waals surface area contributed by atoms with Gasteiger partial charge in [0.2, 0.25) is 5.82 Å². The first-order valence-corrected chi connectivity index (χ1v) is 9.04. The van der Waals surface area contributed by atoms with E-state index >= 15 is 0 Å². The Morgan fingerprint density at radius 1 is 0.926 bits per heavy atom. The van der Waals surface area contributed by atoms with E-state index in [0.717, 1.165) is 21.3 Å². The summed E-state index contributed by atoms with van der Waals surface area (Å²) in [6.45, 7) is 0.420. The van der Waals surface area contributed by atoms with Gasteiger partial charge in [0.15, 0.2) is 0 Å². The maximum atomic E-state index is 13.1. The third-order valence-electron chi connectivity index (χ3n) is 3.90. The lowest BCUT2D eigenvalue weighted by molar-refractivity contribution is 0.306. The highest BCUT2D eigenvalue weighted by atomic mass is 79.9. The third-order valence-corrected chi connectivity index (χ3v) is 4.40. The van der Waals surface area contributed by atoms with Crippen molar-refractivity contribution in [2.24, 2.45) is 0 Å². The number of rotatable bonds is 5. The van der Waals surface area contributed by atoms with Gasteiger partial charge in [0.25, 0.3) is 5.89 Å². The first-order chi connectivity index (χ1) is 13.2. The Morgan fingerprint density at radius 3 is 2.56 bits per heavy atom. The number of hydrogen-bond donors (Lipinski definition) is 0. The number of halogens is 2. The molecule has 6 heteroatoms. The van der Waals surface area contributed by atoms with E-state index in [-0.39, 0.29) is 5.82 Å². The molecule has 0 spiro atoms. The SMILES string of the molecule is Fc1ccc(-c2noc(-c3cccc(COc4cccc(Br)c4)c3)n2)cc1. The van der Waals surface area contributed by atoms with E-state index in [2.05, 4.69) is 26.1 Å². The lowest BCUT2D eigenvalue weighted by atomic mass is 10.1. The van der Waals surface area contributed by atoms with E-state index in [9.17, 15) is 4.39 Å². The fourth-order valence-corrected chi connectivity index (χ4v) is 2.95. The number of nitrogens with zero attached hydrogens (tertiary/aromatic N) is 2. The molecular formula is C21H14BrFN2O2. The van der Waals surface area contributed by atoms with Crippen LogP contribution in [0.25, 0.3) is 22.8 Å². The van der Waals surface area contributed by atoms with E-state index in [1.165, 1.54) is 12.1 Å². The smallest absolute Gasteiger partial charge is 0.258 e. The zero-order valence-corrected chi connectivity index (χ0v) is 15.7. The van der Waals surface area contributed by atoms with Crippen LogP contribution in [0.15, 0.2) is 81.8 Å². The van der Waals surface area contributed by atoms with Gasteiger partial charge in [0.1, 0.15) is 18.2 Å². The molecule has 4 nitrogen and oxygen atoms in total. The fourth-order valence-electron chi connectivity index (χ4n) is 2.57. The van der Waals surface area contributed by atoms with Crippen molar-refractivity contribution >= 4 is 15.9 Å². The fraction of sp³-hybridized carbons (Fsp3) is 0.0476. The molecule has 0 atom stereocenters. The van der Waals surface area contributed by atoms with Gasteiger partial charge in [-0.3, -0.25) is 0 Å². The van der Waals surface area contributed by atoms with E-state index < -0.39 is 0 Å². The minimum absolute atomic E-state index is 0.305. The van der Waals surface area contributed by atoms with Crippen LogP contribution in [0.4, 0.5) is 4.39 Å². The molecule has 0 radical (unpaired) electrons. The van der Waals surface area contributed by atoms with Crippen molar-refractivity contribution in [3.63, 3.8) is 0 Å². The van der Waals surface area contributed by atoms with Crippen LogP contribution in [0.5, 0.6) is 5.75 Å². The van der Waals surface area contributed by atoms with Gasteiger partial charge >= 0.3 is 0 Å². The van der Waals surface area contributed by atoms with Gasteiger partial charge < -0.3 is 9.26 Å². The summed E-state index contributed by atoms with van der Waals surface area (Å²) in [6.07, 6.45) is 0. The van der Waals surface area contributed by atoms with Gasteiger partial charge in [0.05, 0.1) is 0 Å². The van der Waals surface area contributed by atoms with Crippen molar-refractivity contribution in [1.82, 2.24) is 10.1 Å². The average molecular weight is 425 g/mol. The molecule has 1 heterocycles. The molecule has 0 N–H and O–H groups in total. The lowest BCUT2D eigenvalue weighted by Crippen LogP contribution is -1.95. The highest BCUT2D eigenvalue weighted by Gasteiger charge is 2.11. The molecule has 0 fully saturated rings. The minimum Gasteiger partial charge on any atom is -0.489 e. The van der Waals surface area contributed by atoms with Crippen molar-refractivity contribution in [3.05, 3.63) is 88.6 Å². The summed E-state index contributed by atoms with van der Waals surface area (Å²) in [5.41, 5.74) is 2.47. The predicted molar refractivity (Wildman–Crippen MR) is 104 cm³/mol. The molecule has 0 aliphatic carbocycles. The average Bonchev–Trinajstić information content (AvgIpc) is 3.18. The summed E-state index contributed by atoms with van der Waals surface area (Å²) in [7, 11) is 0. The van der Waals surface area contributed by atoms with Gasteiger partial charge in [0, 0.05) is 15.6 Å². The molecule has 4 rings (SSSR count). The number of benzene rings is 3. The molecule has 27 heavy (non-hydrogen) atoms. The van der Waals surface area contributed by atoms with Crippen molar-refractivity contribution in [3.8, 4) is 28.6 Å². The quantitative estimate of drug-likeness (QED) is 0.401. The van der Waals surface area contributed by atoms with Crippen LogP contribution in [0.3, 0.4) is 0 Å². The Kier molecular flexibility index (Phi) is 4.98. The molecule has 0 aliphatic rings. The topological polar surface area (TPSA) is 48.2 Å². The van der Waals surface area contributed by atoms with Crippen molar-refractivity contribution in [2.75, 3.05) is 0 Å². The standard InChI is InChI=1S/C21H14BrFN2O2/c22-17-5-2-6-19(12-17)26-13-14-3-1-4-16(11-14)21-24-20(25-27-21)15-7-9-18(23)10-8-15/h1-12H,13H2. The Labute approximate surface area is 163 Å². The third kappa shape index (κ3) is 4.23. The molecule has 0 aliphatic heterocycles. The summed E-state index contributed by atoms with van der Waals surface area (Å²) < 4.78 is 25.2. The second kappa shape index (κ2) is 7.72. The van der Waals surface area contributed by atoms with Crippen LogP contribution >= 0.6 is 15.9 Å². The van der Waals surface area contributed by atoms with Crippen LogP contribution < -0.4 is 4.74 Å². The van der Waals surface area contributed by atoms with Crippen molar-refractivity contribution in [1.29, 1.82) is 0 Å². The van der Waals surface area contributed by atoms with Gasteiger partial charge in [-0.2, -0.15) is 4.98 Å². The summed E-state index contributed by atoms with van der Waals surface area (Å²) in [5.74, 6) is 1.30. The summed E-state index contributed by atoms with van der Waals surface area (Å²) in [6, 6.07) is 21.4. The lowest BCUT2D eigenvalue weighted by Gasteiger charge is -2.07. The Balaban J connectivity index is 1.51. The van der Waals surface area contributed by atoms with E-state index in [1.54, 1.807) is 12.1 Å². The number of hydrogen-bond acceptors (Lipinski definition) is 4. The molecule has 0 bridgehead atoms. The summed E-state index contributed by atoms with van der Waals surface area (Å²) >= 11 is 3.43. The molecule has 0 saturated heterocycles. The van der Waals surface area contributed by atoms with Crippen LogP contribution in [0.2, 0.25) is 0 Å². The first-order valence-electron chi connectivity index (χ1n) is 8.25. The van der Waals surface area contributed by atoms with Crippen molar-refractivity contribution in [2.45, 2.75) is 6.61 Å². The van der Waals surface area contributed by atoms with Gasteiger partial charge in [-0.05, 0) is 60.2 Å². The van der Waals surface area contributed by atoms with E-state index in [0.29, 0.717) is 23.9 Å². The van der Waals surface area contributed by atoms with E-state index in [4.69, 9.17) is 9.26 Å². The summed E-state index contributed by atoms with van der Waals surface area (Å²) in [5, 5.41) is 3.98. The largest absolute Gasteiger partial charge is 0.489 e. The highest BCUT2D eigenvalue weighted by molar-refractivity contribution is 9.10. The van der Waals surface area contributed by atoms with Crippen molar-refractivity contribution < 1.29 is 13.7 Å². The Bertz CT molecular complexity index is 1060. The number of ether oxygens (including phenoxy) is 1. The van der Waals surface area contributed by atoms with Gasteiger partial charge in [-0.15, -0.1) is 0 Å². The predicted octanol–water partition coefficient (Wildman–Crippen LogP) is 5.88. The van der Waals surface area contributed by atoms with Gasteiger partial charge in [-0.25, -0.2) is 4.39 Å². The highest BCUT2D eigenvalue weighted by Crippen LogP contribution is 2.24. The Hall–Kier alpha value is -2.99. The van der Waals surface area contributed by atoms with Crippen LogP contribution in [0.1, 0.15) is 5.56 Å². The molecule has 0 unspecified atom stereocenters. The van der Waals surface area contributed by atoms with E-state index in [1.807, 2.05) is 48.5 Å². The second-order valence-electron chi connectivity index (χ2n) is 5.88. The summed E-state index contributed by atoms with van der Waals surface area (Å²) in [4.78, 5) is 4.40. The maximum absolute atomic E-state index is 13.1. The Morgan fingerprint density at radius 2 is 1.74 bits per heavy atom. The first kappa shape index (κ1) is 17.4. The normalized spacial score (nSPS) is 10.7. The molecule has 1 aromatic heterocycles. The maximum Gasteiger partial charge on any atom is 0.258 e. The second-order valence-corrected chi connectivity index (χ2v) is 6.79. The molecule has 4 aromatic rings. The van der Waals surface area contributed by atoms with Crippen LogP contribution in [0, 0.1) is 5.82 Å². The molecule has 134 valence electrons. The van der Waals surface area contributed by atoms with Crippen LogP contribution in [-0.2, 0) is 6.61 Å². The minimum atomic E-state index is -0.305. The zero-order valence-electron chi connectivity index (χ0n) is 14.1. The number of aromatic nitrogens is 2. The molecular weight excluding hydrogens is 411 g/mol. The molecule has 0 saturated carbocycles. The monoisotopic (exact) mass is 424 g/mol. The zero-order chi connectivity index (χ0) is 18.6. The van der Waals surface area contributed by atoms with Gasteiger partial charge in [-0.1, -0.05) is 39.3 Å².